The summed E-state index contributed by atoms with van der Waals surface area (Å²) in [5.41, 5.74) is 4.55. The summed E-state index contributed by atoms with van der Waals surface area (Å²) >= 11 is 6.22. The Bertz CT molecular complexity index is 1100. The molecule has 0 aliphatic heterocycles. The molecule has 0 radical (unpaired) electrons. The quantitative estimate of drug-likeness (QED) is 0.379. The third-order valence-corrected chi connectivity index (χ3v) is 9.17. The minimum Gasteiger partial charge on any atom is -0.466 e. The number of nitrogens with zero attached hydrogens (tertiary/aromatic N) is 2. The second kappa shape index (κ2) is 12.7. The van der Waals surface area contributed by atoms with Crippen molar-refractivity contribution in [3.8, 4) is 5.69 Å². The van der Waals surface area contributed by atoms with Crippen molar-refractivity contribution in [1.29, 1.82) is 0 Å². The van der Waals surface area contributed by atoms with Crippen LogP contribution in [-0.2, 0) is 27.2 Å². The number of carbonyl (C=O) groups is 2. The molecule has 6 nitrogen and oxygen atoms in total. The first kappa shape index (κ1) is 27.2. The molecule has 1 N–H and O–H groups in total. The van der Waals surface area contributed by atoms with Gasteiger partial charge in [0.05, 0.1) is 29.6 Å². The molecule has 1 amide bonds. The van der Waals surface area contributed by atoms with Gasteiger partial charge in [0.25, 0.3) is 0 Å². The van der Waals surface area contributed by atoms with Crippen molar-refractivity contribution in [1.82, 2.24) is 15.1 Å². The molecule has 5 rings (SSSR count). The van der Waals surface area contributed by atoms with E-state index in [1.54, 1.807) is 0 Å². The van der Waals surface area contributed by atoms with Crippen molar-refractivity contribution < 1.29 is 14.3 Å². The highest BCUT2D eigenvalue weighted by molar-refractivity contribution is 6.30. The predicted octanol–water partition coefficient (Wildman–Crippen LogP) is 6.70. The fourth-order valence-corrected chi connectivity index (χ4v) is 7.09. The standard InChI is InChI=1S/C31H42ClN3O3/c1-2-38-28(36)20-21-12-16-24(17-13-21)33-31(37)29(22-8-4-3-5-9-22)30-26-10-6-7-11-27(26)34-35(30)25-18-14-23(32)15-19-25/h14-15,18-19,21-22,24,29H,2-13,16-17,20H2,1H3,(H,33,37). The number of esters is 1. The van der Waals surface area contributed by atoms with Crippen molar-refractivity contribution in [2.75, 3.05) is 6.61 Å². The third kappa shape index (κ3) is 6.27. The van der Waals surface area contributed by atoms with Crippen LogP contribution in [0, 0.1) is 11.8 Å². The lowest BCUT2D eigenvalue weighted by atomic mass is 9.75. The molecule has 2 aromatic rings. The molecule has 0 spiro atoms. The van der Waals surface area contributed by atoms with E-state index in [0.717, 1.165) is 81.3 Å². The van der Waals surface area contributed by atoms with Gasteiger partial charge in [-0.3, -0.25) is 9.59 Å². The van der Waals surface area contributed by atoms with Crippen LogP contribution >= 0.6 is 11.6 Å². The van der Waals surface area contributed by atoms with E-state index < -0.39 is 0 Å². The molecule has 0 bridgehead atoms. The van der Waals surface area contributed by atoms with E-state index in [1.807, 2.05) is 31.2 Å². The second-order valence-electron chi connectivity index (χ2n) is 11.5. The number of amides is 1. The number of aromatic nitrogens is 2. The molecule has 3 aliphatic rings. The maximum Gasteiger partial charge on any atom is 0.306 e. The minimum absolute atomic E-state index is 0.0995. The summed E-state index contributed by atoms with van der Waals surface area (Å²) in [6.45, 7) is 2.28. The van der Waals surface area contributed by atoms with E-state index in [9.17, 15) is 9.59 Å². The van der Waals surface area contributed by atoms with Crippen molar-refractivity contribution in [3.05, 3.63) is 46.2 Å². The number of hydrogen-bond donors (Lipinski definition) is 1. The molecule has 1 aromatic carbocycles. The number of rotatable bonds is 8. The molecule has 1 unspecified atom stereocenters. The molecule has 1 heterocycles. The SMILES string of the molecule is CCOC(=O)CC1CCC(NC(=O)C(c2c3c(nn2-c2ccc(Cl)cc2)CCCC3)C2CCCCC2)CC1. The van der Waals surface area contributed by atoms with Gasteiger partial charge in [0.2, 0.25) is 5.91 Å². The maximum atomic E-state index is 14.2. The monoisotopic (exact) mass is 539 g/mol. The summed E-state index contributed by atoms with van der Waals surface area (Å²) in [6.07, 6.45) is 14.3. The van der Waals surface area contributed by atoms with Gasteiger partial charge in [-0.05, 0) is 113 Å². The van der Waals surface area contributed by atoms with Crippen molar-refractivity contribution >= 4 is 23.5 Å². The van der Waals surface area contributed by atoms with E-state index >= 15 is 0 Å². The average Bonchev–Trinajstić information content (AvgIpc) is 3.30. The third-order valence-electron chi connectivity index (χ3n) is 8.92. The Kier molecular flexibility index (Phi) is 9.08. The van der Waals surface area contributed by atoms with Crippen LogP contribution in [0.3, 0.4) is 0 Å². The topological polar surface area (TPSA) is 73.2 Å². The second-order valence-corrected chi connectivity index (χ2v) is 12.0. The number of benzene rings is 1. The van der Waals surface area contributed by atoms with Crippen LogP contribution in [0.4, 0.5) is 0 Å². The van der Waals surface area contributed by atoms with Gasteiger partial charge in [-0.2, -0.15) is 5.10 Å². The van der Waals surface area contributed by atoms with Gasteiger partial charge in [-0.15, -0.1) is 0 Å². The van der Waals surface area contributed by atoms with E-state index in [2.05, 4.69) is 10.00 Å². The van der Waals surface area contributed by atoms with Crippen LogP contribution in [0.1, 0.15) is 107 Å². The molecule has 206 valence electrons. The number of fused-ring (bicyclic) bond motifs is 1. The number of carbonyl (C=O) groups excluding carboxylic acids is 2. The first-order chi connectivity index (χ1) is 18.5. The molecular formula is C31H42ClN3O3. The zero-order chi connectivity index (χ0) is 26.5. The van der Waals surface area contributed by atoms with Crippen molar-refractivity contribution in [3.63, 3.8) is 0 Å². The van der Waals surface area contributed by atoms with Crippen LogP contribution in [0.2, 0.25) is 5.02 Å². The molecular weight excluding hydrogens is 498 g/mol. The highest BCUT2D eigenvalue weighted by atomic mass is 35.5. The zero-order valence-electron chi connectivity index (χ0n) is 22.7. The average molecular weight is 540 g/mol. The predicted molar refractivity (Wildman–Crippen MR) is 150 cm³/mol. The van der Waals surface area contributed by atoms with Gasteiger partial charge in [-0.25, -0.2) is 4.68 Å². The molecule has 1 aromatic heterocycles. The lowest BCUT2D eigenvalue weighted by Gasteiger charge is -2.34. The maximum absolute atomic E-state index is 14.2. The van der Waals surface area contributed by atoms with Crippen LogP contribution in [0.25, 0.3) is 5.69 Å². The Morgan fingerprint density at radius 3 is 2.42 bits per heavy atom. The lowest BCUT2D eigenvalue weighted by Crippen LogP contribution is -2.43. The highest BCUT2D eigenvalue weighted by Crippen LogP contribution is 2.41. The molecule has 2 fully saturated rings. The fourth-order valence-electron chi connectivity index (χ4n) is 6.96. The van der Waals surface area contributed by atoms with Gasteiger partial charge in [0, 0.05) is 17.5 Å². The van der Waals surface area contributed by atoms with Gasteiger partial charge in [0.15, 0.2) is 0 Å². The normalized spacial score (nSPS) is 22.9. The number of hydrogen-bond acceptors (Lipinski definition) is 4. The molecule has 3 aliphatic carbocycles. The molecule has 2 saturated carbocycles. The Hall–Kier alpha value is -2.34. The van der Waals surface area contributed by atoms with Crippen LogP contribution in [0.5, 0.6) is 0 Å². The summed E-state index contributed by atoms with van der Waals surface area (Å²) in [6, 6.07) is 8.02. The van der Waals surface area contributed by atoms with Gasteiger partial charge in [-0.1, -0.05) is 30.9 Å². The molecule has 1 atom stereocenters. The van der Waals surface area contributed by atoms with Crippen LogP contribution < -0.4 is 5.32 Å². The molecule has 0 saturated heterocycles. The number of nitrogens with one attached hydrogen (secondary N) is 1. The number of ether oxygens (including phenoxy) is 1. The summed E-state index contributed by atoms with van der Waals surface area (Å²) in [5.74, 6) is 0.553. The zero-order valence-corrected chi connectivity index (χ0v) is 23.5. The van der Waals surface area contributed by atoms with Gasteiger partial charge in [0.1, 0.15) is 0 Å². The minimum atomic E-state index is -0.197. The first-order valence-electron chi connectivity index (χ1n) is 14.9. The Morgan fingerprint density at radius 2 is 1.71 bits per heavy atom. The highest BCUT2D eigenvalue weighted by Gasteiger charge is 2.38. The molecule has 7 heteroatoms. The Balaban J connectivity index is 1.40. The van der Waals surface area contributed by atoms with Crippen LogP contribution in [0.15, 0.2) is 24.3 Å². The Morgan fingerprint density at radius 1 is 1.00 bits per heavy atom. The van der Waals surface area contributed by atoms with E-state index in [0.29, 0.717) is 29.9 Å². The van der Waals surface area contributed by atoms with Crippen LogP contribution in [-0.4, -0.2) is 34.3 Å². The van der Waals surface area contributed by atoms with Gasteiger partial charge >= 0.3 is 5.97 Å². The molecule has 38 heavy (non-hydrogen) atoms. The fraction of sp³-hybridized carbons (Fsp3) is 0.645. The van der Waals surface area contributed by atoms with E-state index in [-0.39, 0.29) is 23.8 Å². The van der Waals surface area contributed by atoms with E-state index in [1.165, 1.54) is 24.8 Å². The first-order valence-corrected chi connectivity index (χ1v) is 15.2. The largest absolute Gasteiger partial charge is 0.466 e. The summed E-state index contributed by atoms with van der Waals surface area (Å²) < 4.78 is 7.22. The number of halogens is 1. The smallest absolute Gasteiger partial charge is 0.306 e. The summed E-state index contributed by atoms with van der Waals surface area (Å²) in [5, 5.41) is 9.28. The number of aryl methyl sites for hydroxylation is 1. The Labute approximate surface area is 231 Å². The summed E-state index contributed by atoms with van der Waals surface area (Å²) in [4.78, 5) is 26.2. The summed E-state index contributed by atoms with van der Waals surface area (Å²) in [7, 11) is 0. The van der Waals surface area contributed by atoms with Crippen molar-refractivity contribution in [2.45, 2.75) is 109 Å². The van der Waals surface area contributed by atoms with Gasteiger partial charge < -0.3 is 10.1 Å². The van der Waals surface area contributed by atoms with Crippen molar-refractivity contribution in [2.24, 2.45) is 11.8 Å². The van der Waals surface area contributed by atoms with E-state index in [4.69, 9.17) is 21.4 Å². The lowest BCUT2D eigenvalue weighted by molar-refractivity contribution is -0.144.